The van der Waals surface area contributed by atoms with Crippen molar-refractivity contribution in [3.05, 3.63) is 241 Å². The van der Waals surface area contributed by atoms with Crippen molar-refractivity contribution in [2.24, 2.45) is 0 Å². The number of aryl methyl sites for hydroxylation is 2. The zero-order valence-corrected chi connectivity index (χ0v) is 47.3. The molecule has 4 heterocycles. The third kappa shape index (κ3) is 10.4. The first kappa shape index (κ1) is 51.7. The molecular weight excluding hydrogens is 973 g/mol. The summed E-state index contributed by atoms with van der Waals surface area (Å²) in [5.74, 6) is 2.20. The lowest BCUT2D eigenvalue weighted by molar-refractivity contribution is 0.497. The lowest BCUT2D eigenvalue weighted by atomic mass is 9.84. The van der Waals surface area contributed by atoms with Crippen molar-refractivity contribution in [2.45, 2.75) is 91.4 Å². The van der Waals surface area contributed by atoms with Gasteiger partial charge in [0.15, 0.2) is 5.82 Å². The minimum absolute atomic E-state index is 0.0275. The molecule has 0 aliphatic heterocycles. The molecule has 6 heteroatoms. The summed E-state index contributed by atoms with van der Waals surface area (Å²) < 4.78 is 0. The van der Waals surface area contributed by atoms with E-state index in [-0.39, 0.29) is 16.2 Å². The quantitative estimate of drug-likeness (QED) is 0.143. The SMILES string of the molecule is CC(C)(C)c1ccnc(-c2ccc(-c3ccccc3-c3cc(-c4ccccc4-c4ccc(-c5ccc(-c6nc(C(C)(C)C)nc(C(C)(C)C)n6)cn5)cc4)cc(-c4ccccc4-c4ccc5c(c4)CCc4cccnc4-5)c3)cc2)c1. The van der Waals surface area contributed by atoms with Gasteiger partial charge in [0.1, 0.15) is 11.6 Å². The molecular formula is C74H66N6. The van der Waals surface area contributed by atoms with Gasteiger partial charge in [0.25, 0.3) is 0 Å². The number of hydrogen-bond donors (Lipinski definition) is 0. The van der Waals surface area contributed by atoms with E-state index in [1.54, 1.807) is 0 Å². The Labute approximate surface area is 471 Å². The maximum absolute atomic E-state index is 4.96. The molecule has 0 fully saturated rings. The first-order valence-corrected chi connectivity index (χ1v) is 27.9. The van der Waals surface area contributed by atoms with E-state index in [1.807, 2.05) is 24.7 Å². The highest BCUT2D eigenvalue weighted by atomic mass is 15.1. The Morgan fingerprint density at radius 1 is 0.300 bits per heavy atom. The predicted octanol–water partition coefficient (Wildman–Crippen LogP) is 18.7. The van der Waals surface area contributed by atoms with Crippen molar-refractivity contribution >= 4 is 0 Å². The van der Waals surface area contributed by atoms with Crippen molar-refractivity contribution in [3.8, 4) is 112 Å². The molecule has 4 aromatic heterocycles. The molecule has 0 bridgehead atoms. The molecule has 11 aromatic rings. The van der Waals surface area contributed by atoms with E-state index < -0.39 is 0 Å². The summed E-state index contributed by atoms with van der Waals surface area (Å²) in [5, 5.41) is 0. The fraction of sp³-hybridized carbons (Fsp3) is 0.189. The lowest BCUT2D eigenvalue weighted by Crippen LogP contribution is -2.24. The summed E-state index contributed by atoms with van der Waals surface area (Å²) in [7, 11) is 0. The zero-order valence-electron chi connectivity index (χ0n) is 47.3. The van der Waals surface area contributed by atoms with Gasteiger partial charge in [-0.2, -0.15) is 0 Å². The van der Waals surface area contributed by atoms with Gasteiger partial charge in [-0.05, 0) is 150 Å². The van der Waals surface area contributed by atoms with Gasteiger partial charge in [-0.3, -0.25) is 15.0 Å². The Bertz CT molecular complexity index is 4060. The summed E-state index contributed by atoms with van der Waals surface area (Å²) >= 11 is 0. The molecule has 0 saturated carbocycles. The van der Waals surface area contributed by atoms with Crippen LogP contribution in [0.3, 0.4) is 0 Å². The Balaban J connectivity index is 0.939. The molecule has 0 unspecified atom stereocenters. The van der Waals surface area contributed by atoms with Gasteiger partial charge in [0.2, 0.25) is 0 Å². The zero-order chi connectivity index (χ0) is 55.3. The normalized spacial score (nSPS) is 12.5. The lowest BCUT2D eigenvalue weighted by Gasteiger charge is -2.22. The number of rotatable bonds is 9. The summed E-state index contributed by atoms with van der Waals surface area (Å²) in [6.07, 6.45) is 7.70. The van der Waals surface area contributed by atoms with Gasteiger partial charge in [0.05, 0.1) is 17.1 Å². The molecule has 0 saturated heterocycles. The Kier molecular flexibility index (Phi) is 13.4. The number of benzene rings is 7. The Morgan fingerprint density at radius 2 is 0.762 bits per heavy atom. The van der Waals surface area contributed by atoms with E-state index in [4.69, 9.17) is 29.9 Å². The second-order valence-electron chi connectivity index (χ2n) is 24.4. The van der Waals surface area contributed by atoms with Gasteiger partial charge in [-0.1, -0.05) is 208 Å². The topological polar surface area (TPSA) is 77.3 Å². The molecule has 0 amide bonds. The van der Waals surface area contributed by atoms with E-state index in [1.165, 1.54) is 44.5 Å². The van der Waals surface area contributed by atoms with Crippen LogP contribution >= 0.6 is 0 Å². The molecule has 7 aromatic carbocycles. The van der Waals surface area contributed by atoms with E-state index in [9.17, 15) is 0 Å². The van der Waals surface area contributed by atoms with Crippen LogP contribution in [0, 0.1) is 0 Å². The molecule has 0 N–H and O–H groups in total. The average Bonchev–Trinajstić information content (AvgIpc) is 3.56. The van der Waals surface area contributed by atoms with Crippen LogP contribution in [-0.2, 0) is 29.1 Å². The number of aromatic nitrogens is 6. The van der Waals surface area contributed by atoms with Crippen molar-refractivity contribution in [2.75, 3.05) is 0 Å². The fourth-order valence-corrected chi connectivity index (χ4v) is 11.0. The summed E-state index contributed by atoms with van der Waals surface area (Å²) in [5.41, 5.74) is 24.6. The first-order chi connectivity index (χ1) is 38.5. The molecule has 80 heavy (non-hydrogen) atoms. The Morgan fingerprint density at radius 3 is 1.26 bits per heavy atom. The second-order valence-corrected chi connectivity index (χ2v) is 24.4. The molecule has 12 rings (SSSR count). The Hall–Kier alpha value is -9.00. The molecule has 1 aliphatic carbocycles. The molecule has 6 nitrogen and oxygen atoms in total. The van der Waals surface area contributed by atoms with Gasteiger partial charge >= 0.3 is 0 Å². The van der Waals surface area contributed by atoms with Gasteiger partial charge < -0.3 is 0 Å². The molecule has 0 atom stereocenters. The minimum atomic E-state index is -0.227. The number of nitrogens with zero attached hydrogens (tertiary/aromatic N) is 6. The van der Waals surface area contributed by atoms with Crippen LogP contribution in [-0.4, -0.2) is 29.9 Å². The van der Waals surface area contributed by atoms with Gasteiger partial charge in [-0.25, -0.2) is 15.0 Å². The first-order valence-electron chi connectivity index (χ1n) is 27.9. The molecule has 1 aliphatic rings. The van der Waals surface area contributed by atoms with Crippen LogP contribution < -0.4 is 0 Å². The monoisotopic (exact) mass is 1040 g/mol. The van der Waals surface area contributed by atoms with E-state index in [2.05, 4.69) is 250 Å². The van der Waals surface area contributed by atoms with Gasteiger partial charge in [0, 0.05) is 51.7 Å². The highest BCUT2D eigenvalue weighted by Crippen LogP contribution is 2.44. The minimum Gasteiger partial charge on any atom is -0.256 e. The number of fused-ring (bicyclic) bond motifs is 3. The fourth-order valence-electron chi connectivity index (χ4n) is 11.0. The largest absolute Gasteiger partial charge is 0.256 e. The van der Waals surface area contributed by atoms with Crippen molar-refractivity contribution in [3.63, 3.8) is 0 Å². The second kappa shape index (κ2) is 20.7. The highest BCUT2D eigenvalue weighted by molar-refractivity contribution is 5.95. The van der Waals surface area contributed by atoms with Crippen molar-refractivity contribution in [1.29, 1.82) is 0 Å². The van der Waals surface area contributed by atoms with Crippen molar-refractivity contribution in [1.82, 2.24) is 29.9 Å². The van der Waals surface area contributed by atoms with Crippen LogP contribution in [0.2, 0.25) is 0 Å². The van der Waals surface area contributed by atoms with Gasteiger partial charge in [-0.15, -0.1) is 0 Å². The third-order valence-electron chi connectivity index (χ3n) is 15.5. The molecule has 0 spiro atoms. The summed E-state index contributed by atoms with van der Waals surface area (Å²) in [6, 6.07) is 71.1. The smallest absolute Gasteiger partial charge is 0.164 e. The van der Waals surface area contributed by atoms with Crippen LogP contribution in [0.15, 0.2) is 213 Å². The maximum Gasteiger partial charge on any atom is 0.164 e. The summed E-state index contributed by atoms with van der Waals surface area (Å²) in [4.78, 5) is 29.3. The standard InChI is InChI=1S/C74H66N6/c1-72(2,3)58-38-40-75-67(45-58)50-30-26-48(27-31-50)60-19-11-14-22-63(60)56-42-55(43-57(44-56)64-23-15-12-20-61(64)52-34-36-65-53(41-52)33-32-51-17-16-39-76-68(51)65)62-21-13-10-18-59(62)47-24-28-49(29-25-47)66-37-35-54(46-77-66)69-78-70(73(4,5)6)80-71(79-69)74(7,8)9/h10-31,34-46H,32-33H2,1-9H3. The third-order valence-corrected chi connectivity index (χ3v) is 15.5. The number of hydrogen-bond acceptors (Lipinski definition) is 6. The maximum atomic E-state index is 4.96. The molecule has 0 radical (unpaired) electrons. The number of pyridine rings is 3. The van der Waals surface area contributed by atoms with E-state index >= 15 is 0 Å². The van der Waals surface area contributed by atoms with Crippen molar-refractivity contribution < 1.29 is 0 Å². The van der Waals surface area contributed by atoms with Crippen LogP contribution in [0.5, 0.6) is 0 Å². The predicted molar refractivity (Wildman–Crippen MR) is 331 cm³/mol. The van der Waals surface area contributed by atoms with Crippen LogP contribution in [0.4, 0.5) is 0 Å². The molecule has 392 valence electrons. The van der Waals surface area contributed by atoms with Crippen LogP contribution in [0.25, 0.3) is 112 Å². The highest BCUT2D eigenvalue weighted by Gasteiger charge is 2.26. The van der Waals surface area contributed by atoms with E-state index in [0.29, 0.717) is 5.82 Å². The summed E-state index contributed by atoms with van der Waals surface area (Å²) in [6.45, 7) is 19.6. The van der Waals surface area contributed by atoms with E-state index in [0.717, 1.165) is 103 Å². The average molecular weight is 1040 g/mol. The van der Waals surface area contributed by atoms with Crippen LogP contribution in [0.1, 0.15) is 90.7 Å².